The predicted octanol–water partition coefficient (Wildman–Crippen LogP) is 2.01. The maximum Gasteiger partial charge on any atom is 0.263 e. The van der Waals surface area contributed by atoms with E-state index in [1.165, 1.54) is 30.5 Å². The van der Waals surface area contributed by atoms with Gasteiger partial charge in [-0.3, -0.25) is 9.71 Å². The number of nitrogens with zero attached hydrogens (tertiary/aromatic N) is 2. The van der Waals surface area contributed by atoms with Gasteiger partial charge in [-0.2, -0.15) is 0 Å². The van der Waals surface area contributed by atoms with Crippen LogP contribution in [0.5, 0.6) is 0 Å². The Balaban J connectivity index is 0.00000176. The average Bonchev–Trinajstić information content (AvgIpc) is 2.47. The topological polar surface area (TPSA) is 98.0 Å². The van der Waals surface area contributed by atoms with Crippen molar-refractivity contribution in [2.45, 2.75) is 4.90 Å². The van der Waals surface area contributed by atoms with Gasteiger partial charge in [0.1, 0.15) is 0 Å². The first-order valence-electron chi connectivity index (χ1n) is 6.15. The SMILES string of the molecule is Nc1ccc(S(=O)(=O)Nc2cnc3ccccc3n2)cc1.[Zn]. The van der Waals surface area contributed by atoms with Gasteiger partial charge in [-0.25, -0.2) is 13.4 Å². The van der Waals surface area contributed by atoms with Gasteiger partial charge < -0.3 is 5.73 Å². The third-order valence-electron chi connectivity index (χ3n) is 2.88. The van der Waals surface area contributed by atoms with E-state index in [9.17, 15) is 8.42 Å². The molecule has 3 aromatic rings. The zero-order valence-electron chi connectivity index (χ0n) is 11.6. The molecule has 2 aromatic carbocycles. The molecule has 1 aromatic heterocycles. The molecule has 108 valence electrons. The summed E-state index contributed by atoms with van der Waals surface area (Å²) in [5, 5.41) is 0. The Morgan fingerprint density at radius 2 is 1.59 bits per heavy atom. The fourth-order valence-electron chi connectivity index (χ4n) is 1.85. The predicted molar refractivity (Wildman–Crippen MR) is 81.2 cm³/mol. The molecule has 3 rings (SSSR count). The maximum absolute atomic E-state index is 12.2. The molecule has 0 aliphatic carbocycles. The molecule has 0 saturated carbocycles. The van der Waals surface area contributed by atoms with Crippen molar-refractivity contribution in [3.05, 3.63) is 54.7 Å². The Morgan fingerprint density at radius 3 is 2.27 bits per heavy atom. The number of aromatic nitrogens is 2. The number of hydrogen-bond donors (Lipinski definition) is 2. The molecule has 22 heavy (non-hydrogen) atoms. The van der Waals surface area contributed by atoms with E-state index in [4.69, 9.17) is 5.73 Å². The molecule has 0 saturated heterocycles. The first kappa shape index (κ1) is 16.3. The van der Waals surface area contributed by atoms with E-state index in [1.54, 1.807) is 12.1 Å². The summed E-state index contributed by atoms with van der Waals surface area (Å²) in [5.74, 6) is 0.172. The minimum atomic E-state index is -3.71. The average molecular weight is 366 g/mol. The van der Waals surface area contributed by atoms with Crippen LogP contribution in [-0.4, -0.2) is 18.4 Å². The van der Waals surface area contributed by atoms with E-state index in [-0.39, 0.29) is 30.2 Å². The fourth-order valence-corrected chi connectivity index (χ4v) is 2.84. The molecule has 0 amide bonds. The summed E-state index contributed by atoms with van der Waals surface area (Å²) in [4.78, 5) is 8.51. The summed E-state index contributed by atoms with van der Waals surface area (Å²) in [6.45, 7) is 0. The number of anilines is 2. The van der Waals surface area contributed by atoms with Crippen molar-refractivity contribution >= 4 is 32.6 Å². The first-order chi connectivity index (χ1) is 10.0. The minimum Gasteiger partial charge on any atom is -0.399 e. The van der Waals surface area contributed by atoms with Crippen molar-refractivity contribution in [3.8, 4) is 0 Å². The number of nitrogens with one attached hydrogen (secondary N) is 1. The zero-order chi connectivity index (χ0) is 14.9. The Kier molecular flexibility index (Phi) is 4.73. The van der Waals surface area contributed by atoms with Gasteiger partial charge in [-0.05, 0) is 36.4 Å². The molecule has 0 spiro atoms. The van der Waals surface area contributed by atoms with Gasteiger partial charge in [-0.1, -0.05) is 12.1 Å². The maximum atomic E-state index is 12.2. The molecule has 0 aliphatic heterocycles. The molecular weight excluding hydrogens is 354 g/mol. The molecule has 0 aliphatic rings. The number of nitrogens with two attached hydrogens (primary N) is 1. The Morgan fingerprint density at radius 1 is 0.955 bits per heavy atom. The first-order valence-corrected chi connectivity index (χ1v) is 7.63. The van der Waals surface area contributed by atoms with Crippen LogP contribution in [0.25, 0.3) is 11.0 Å². The minimum absolute atomic E-state index is 0. The molecule has 0 atom stereocenters. The number of nitrogen functional groups attached to an aromatic ring is 1. The summed E-state index contributed by atoms with van der Waals surface area (Å²) >= 11 is 0. The quantitative estimate of drug-likeness (QED) is 0.546. The van der Waals surface area contributed by atoms with E-state index < -0.39 is 10.0 Å². The van der Waals surface area contributed by atoms with Crippen LogP contribution in [0, 0.1) is 0 Å². The molecule has 6 nitrogen and oxygen atoms in total. The Labute approximate surface area is 140 Å². The summed E-state index contributed by atoms with van der Waals surface area (Å²) in [6.07, 6.45) is 1.39. The number of fused-ring (bicyclic) bond motifs is 1. The van der Waals surface area contributed by atoms with Crippen LogP contribution in [-0.2, 0) is 29.5 Å². The second kappa shape index (κ2) is 6.38. The summed E-state index contributed by atoms with van der Waals surface area (Å²) < 4.78 is 26.9. The monoisotopic (exact) mass is 364 g/mol. The third-order valence-corrected chi connectivity index (χ3v) is 4.25. The van der Waals surface area contributed by atoms with Crippen LogP contribution in [0.1, 0.15) is 0 Å². The number of hydrogen-bond acceptors (Lipinski definition) is 5. The van der Waals surface area contributed by atoms with Crippen molar-refractivity contribution in [3.63, 3.8) is 0 Å². The van der Waals surface area contributed by atoms with E-state index in [2.05, 4.69) is 14.7 Å². The molecule has 0 bridgehead atoms. The van der Waals surface area contributed by atoms with E-state index in [0.717, 1.165) is 0 Å². The van der Waals surface area contributed by atoms with Crippen molar-refractivity contribution in [2.24, 2.45) is 0 Å². The summed E-state index contributed by atoms with van der Waals surface area (Å²) in [6, 6.07) is 13.2. The van der Waals surface area contributed by atoms with Crippen molar-refractivity contribution < 1.29 is 27.9 Å². The summed E-state index contributed by atoms with van der Waals surface area (Å²) in [5.41, 5.74) is 7.37. The third kappa shape index (κ3) is 3.40. The van der Waals surface area contributed by atoms with Crippen LogP contribution in [0.3, 0.4) is 0 Å². The Hall–Kier alpha value is -2.05. The largest absolute Gasteiger partial charge is 0.399 e. The van der Waals surface area contributed by atoms with Crippen molar-refractivity contribution in [1.82, 2.24) is 9.97 Å². The van der Waals surface area contributed by atoms with Crippen molar-refractivity contribution in [2.75, 3.05) is 10.5 Å². The molecule has 0 radical (unpaired) electrons. The smallest absolute Gasteiger partial charge is 0.263 e. The Bertz CT molecular complexity index is 898. The van der Waals surface area contributed by atoms with E-state index in [0.29, 0.717) is 16.7 Å². The van der Waals surface area contributed by atoms with Crippen LogP contribution < -0.4 is 10.5 Å². The van der Waals surface area contributed by atoms with Gasteiger partial charge in [0.25, 0.3) is 10.0 Å². The van der Waals surface area contributed by atoms with Crippen LogP contribution in [0.2, 0.25) is 0 Å². The van der Waals surface area contributed by atoms with Gasteiger partial charge in [0.15, 0.2) is 5.82 Å². The molecule has 1 heterocycles. The fraction of sp³-hybridized carbons (Fsp3) is 0. The standard InChI is InChI=1S/C14H12N4O2S.Zn/c15-10-5-7-11(8-6-10)21(19,20)18-14-9-16-12-3-1-2-4-13(12)17-14;/h1-9H,15H2,(H,17,18);. The zero-order valence-corrected chi connectivity index (χ0v) is 15.4. The molecule has 8 heteroatoms. The van der Waals surface area contributed by atoms with Gasteiger partial charge in [0, 0.05) is 25.2 Å². The van der Waals surface area contributed by atoms with Gasteiger partial charge in [-0.15, -0.1) is 0 Å². The normalized spacial score (nSPS) is 10.9. The van der Waals surface area contributed by atoms with Crippen LogP contribution in [0.15, 0.2) is 59.6 Å². The van der Waals surface area contributed by atoms with Crippen molar-refractivity contribution in [1.29, 1.82) is 0 Å². The van der Waals surface area contributed by atoms with E-state index in [1.807, 2.05) is 12.1 Å². The van der Waals surface area contributed by atoms with E-state index >= 15 is 0 Å². The summed E-state index contributed by atoms with van der Waals surface area (Å²) in [7, 11) is -3.71. The second-order valence-electron chi connectivity index (χ2n) is 4.42. The molecule has 0 unspecified atom stereocenters. The van der Waals surface area contributed by atoms with Gasteiger partial charge in [0.05, 0.1) is 22.1 Å². The molecule has 3 N–H and O–H groups in total. The van der Waals surface area contributed by atoms with Crippen LogP contribution >= 0.6 is 0 Å². The van der Waals surface area contributed by atoms with Gasteiger partial charge >= 0.3 is 0 Å². The number of benzene rings is 2. The molecular formula is C14H12N4O2SZn. The van der Waals surface area contributed by atoms with Crippen LogP contribution in [0.4, 0.5) is 11.5 Å². The van der Waals surface area contributed by atoms with Gasteiger partial charge in [0.2, 0.25) is 0 Å². The number of rotatable bonds is 3. The second-order valence-corrected chi connectivity index (χ2v) is 6.10. The number of sulfonamides is 1. The molecule has 0 fully saturated rings. The number of para-hydroxylation sites is 2.